The number of aromatic nitrogens is 2. The number of anilines is 1. The molecule has 1 atom stereocenters. The molecule has 0 spiro atoms. The first-order valence-electron chi connectivity index (χ1n) is 9.52. The van der Waals surface area contributed by atoms with Crippen molar-refractivity contribution in [2.45, 2.75) is 31.5 Å². The lowest BCUT2D eigenvalue weighted by molar-refractivity contribution is -0.275. The third-order valence-electron chi connectivity index (χ3n) is 4.99. The monoisotopic (exact) mass is 471 g/mol. The largest absolute Gasteiger partial charge is 0.573 e. The Labute approximate surface area is 182 Å². The maximum absolute atomic E-state index is 13.2. The fraction of sp³-hybridized carbons (Fsp3) is 0.238. The zero-order valence-corrected chi connectivity index (χ0v) is 16.6. The van der Waals surface area contributed by atoms with Crippen LogP contribution in [0, 0.1) is 0 Å². The van der Waals surface area contributed by atoms with E-state index < -0.39 is 42.1 Å². The number of hydrogen-bond acceptors (Lipinski definition) is 4. The Morgan fingerprint density at radius 2 is 1.79 bits per heavy atom. The van der Waals surface area contributed by atoms with Crippen molar-refractivity contribution in [2.24, 2.45) is 0 Å². The molecule has 0 saturated carbocycles. The zero-order chi connectivity index (χ0) is 23.8. The van der Waals surface area contributed by atoms with E-state index in [2.05, 4.69) is 20.3 Å². The smallest absolute Gasteiger partial charge is 0.485 e. The summed E-state index contributed by atoms with van der Waals surface area (Å²) in [6.07, 6.45) is -8.26. The summed E-state index contributed by atoms with van der Waals surface area (Å²) < 4.78 is 88.0. The van der Waals surface area contributed by atoms with Gasteiger partial charge in [0.2, 0.25) is 5.91 Å². The van der Waals surface area contributed by atoms with E-state index in [4.69, 9.17) is 4.74 Å². The Bertz CT molecular complexity index is 1170. The molecule has 1 unspecified atom stereocenters. The number of ether oxygens (including phenoxy) is 2. The molecule has 33 heavy (non-hydrogen) atoms. The summed E-state index contributed by atoms with van der Waals surface area (Å²) in [5.41, 5.74) is -0.324. The molecule has 0 radical (unpaired) electrons. The number of benzene rings is 2. The van der Waals surface area contributed by atoms with Crippen LogP contribution >= 0.6 is 0 Å². The summed E-state index contributed by atoms with van der Waals surface area (Å²) in [5.74, 6) is -1.86. The molecule has 0 aliphatic carbocycles. The highest BCUT2D eigenvalue weighted by molar-refractivity contribution is 5.94. The lowest BCUT2D eigenvalue weighted by atomic mass is 9.87. The summed E-state index contributed by atoms with van der Waals surface area (Å²) in [7, 11) is 0. The van der Waals surface area contributed by atoms with Crippen LogP contribution in [0.1, 0.15) is 34.6 Å². The number of fused-ring (bicyclic) bond motifs is 1. The number of carbonyl (C=O) groups is 1. The van der Waals surface area contributed by atoms with Gasteiger partial charge in [0.25, 0.3) is 0 Å². The van der Waals surface area contributed by atoms with Gasteiger partial charge in [-0.1, -0.05) is 24.3 Å². The first-order valence-corrected chi connectivity index (χ1v) is 9.52. The SMILES string of the molecule is O=C1CC(c2ccc(OCc3ccccc3C(F)(F)F)c(OC(F)(F)F)c2)c2c[nH]nc2N1. The third-order valence-corrected chi connectivity index (χ3v) is 4.99. The van der Waals surface area contributed by atoms with Gasteiger partial charge in [-0.15, -0.1) is 13.2 Å². The summed E-state index contributed by atoms with van der Waals surface area (Å²) in [4.78, 5) is 12.0. The van der Waals surface area contributed by atoms with Gasteiger partial charge in [-0.3, -0.25) is 9.89 Å². The van der Waals surface area contributed by atoms with Crippen LogP contribution in [0.15, 0.2) is 48.7 Å². The van der Waals surface area contributed by atoms with Crippen LogP contribution in [-0.2, 0) is 17.6 Å². The van der Waals surface area contributed by atoms with Gasteiger partial charge in [0.1, 0.15) is 6.61 Å². The second kappa shape index (κ2) is 8.34. The highest BCUT2D eigenvalue weighted by Gasteiger charge is 2.35. The van der Waals surface area contributed by atoms with Crippen LogP contribution in [0.4, 0.5) is 32.2 Å². The second-order valence-electron chi connectivity index (χ2n) is 7.19. The summed E-state index contributed by atoms with van der Waals surface area (Å²) in [5, 5.41) is 9.03. The molecule has 174 valence electrons. The average Bonchev–Trinajstić information content (AvgIpc) is 3.19. The maximum atomic E-state index is 13.2. The van der Waals surface area contributed by atoms with Crippen LogP contribution in [0.2, 0.25) is 0 Å². The van der Waals surface area contributed by atoms with Crippen molar-refractivity contribution < 1.29 is 40.6 Å². The number of rotatable bonds is 5. The molecule has 4 rings (SSSR count). The van der Waals surface area contributed by atoms with E-state index in [9.17, 15) is 31.1 Å². The van der Waals surface area contributed by atoms with Gasteiger partial charge in [-0.2, -0.15) is 18.3 Å². The first-order chi connectivity index (χ1) is 15.5. The molecule has 2 heterocycles. The quantitative estimate of drug-likeness (QED) is 0.490. The molecule has 12 heteroatoms. The Morgan fingerprint density at radius 3 is 2.52 bits per heavy atom. The zero-order valence-electron chi connectivity index (χ0n) is 16.6. The average molecular weight is 471 g/mol. The Hall–Kier alpha value is -3.70. The van der Waals surface area contributed by atoms with E-state index in [1.165, 1.54) is 36.5 Å². The molecule has 6 nitrogen and oxygen atoms in total. The van der Waals surface area contributed by atoms with Crippen LogP contribution in [0.5, 0.6) is 11.5 Å². The number of alkyl halides is 6. The summed E-state index contributed by atoms with van der Waals surface area (Å²) >= 11 is 0. The van der Waals surface area contributed by atoms with Gasteiger partial charge in [-0.25, -0.2) is 0 Å². The van der Waals surface area contributed by atoms with Gasteiger partial charge >= 0.3 is 12.5 Å². The molecule has 0 saturated heterocycles. The topological polar surface area (TPSA) is 76.2 Å². The lowest BCUT2D eigenvalue weighted by Gasteiger charge is -2.23. The van der Waals surface area contributed by atoms with E-state index in [1.807, 2.05) is 0 Å². The maximum Gasteiger partial charge on any atom is 0.573 e. The minimum atomic E-state index is -5.08. The van der Waals surface area contributed by atoms with Crippen molar-refractivity contribution in [1.82, 2.24) is 10.2 Å². The number of nitrogens with zero attached hydrogens (tertiary/aromatic N) is 1. The van der Waals surface area contributed by atoms with Crippen molar-refractivity contribution in [3.8, 4) is 11.5 Å². The molecular weight excluding hydrogens is 456 g/mol. The van der Waals surface area contributed by atoms with Crippen LogP contribution < -0.4 is 14.8 Å². The van der Waals surface area contributed by atoms with Crippen molar-refractivity contribution in [1.29, 1.82) is 0 Å². The Kier molecular flexibility index (Phi) is 5.68. The molecular formula is C21H15F6N3O3. The molecule has 0 bridgehead atoms. The van der Waals surface area contributed by atoms with E-state index >= 15 is 0 Å². The number of H-pyrrole nitrogens is 1. The molecule has 3 aromatic rings. The highest BCUT2D eigenvalue weighted by atomic mass is 19.4. The molecule has 1 amide bonds. The predicted octanol–water partition coefficient (Wildman–Crippen LogP) is 5.38. The van der Waals surface area contributed by atoms with Gasteiger partial charge in [-0.05, 0) is 23.8 Å². The van der Waals surface area contributed by atoms with Gasteiger partial charge in [0.15, 0.2) is 17.3 Å². The normalized spacial score (nSPS) is 16.2. The van der Waals surface area contributed by atoms with Crippen molar-refractivity contribution in [3.63, 3.8) is 0 Å². The second-order valence-corrected chi connectivity index (χ2v) is 7.19. The van der Waals surface area contributed by atoms with Crippen molar-refractivity contribution >= 4 is 11.7 Å². The molecule has 1 aliphatic rings. The number of aromatic amines is 1. The highest BCUT2D eigenvalue weighted by Crippen LogP contribution is 2.41. The summed E-state index contributed by atoms with van der Waals surface area (Å²) in [6.45, 7) is -0.638. The Morgan fingerprint density at radius 1 is 1.03 bits per heavy atom. The molecule has 1 aliphatic heterocycles. The fourth-order valence-electron chi connectivity index (χ4n) is 3.58. The predicted molar refractivity (Wildman–Crippen MR) is 103 cm³/mol. The number of hydrogen-bond donors (Lipinski definition) is 2. The van der Waals surface area contributed by atoms with E-state index in [0.717, 1.165) is 12.1 Å². The minimum absolute atomic E-state index is 0.0445. The third kappa shape index (κ3) is 5.04. The van der Waals surface area contributed by atoms with Crippen molar-refractivity contribution in [3.05, 3.63) is 70.9 Å². The van der Waals surface area contributed by atoms with E-state index in [-0.39, 0.29) is 23.7 Å². The van der Waals surface area contributed by atoms with Gasteiger partial charge < -0.3 is 14.8 Å². The number of amides is 1. The van der Waals surface area contributed by atoms with Gasteiger partial charge in [0.05, 0.1) is 5.56 Å². The molecule has 2 aromatic carbocycles. The fourth-order valence-corrected chi connectivity index (χ4v) is 3.58. The van der Waals surface area contributed by atoms with Crippen LogP contribution in [0.3, 0.4) is 0 Å². The number of halogens is 6. The molecule has 2 N–H and O–H groups in total. The first kappa shape index (κ1) is 22.5. The molecule has 0 fully saturated rings. The Balaban J connectivity index is 1.66. The lowest BCUT2D eigenvalue weighted by Crippen LogP contribution is -2.23. The van der Waals surface area contributed by atoms with Crippen LogP contribution in [-0.4, -0.2) is 22.5 Å². The van der Waals surface area contributed by atoms with E-state index in [0.29, 0.717) is 11.1 Å². The van der Waals surface area contributed by atoms with E-state index in [1.54, 1.807) is 0 Å². The standard InChI is InChI=1S/C21H15F6N3O3/c22-20(23,24)15-4-2-1-3-12(15)10-32-16-6-5-11(7-17(16)33-21(25,26)27)13-8-18(31)29-19-14(13)9-28-30-19/h1-7,9,13H,8,10H2,(H2,28,29,30,31). The summed E-state index contributed by atoms with van der Waals surface area (Å²) in [6, 6.07) is 8.23. The van der Waals surface area contributed by atoms with Crippen molar-refractivity contribution in [2.75, 3.05) is 5.32 Å². The minimum Gasteiger partial charge on any atom is -0.485 e. The number of carbonyl (C=O) groups excluding carboxylic acids is 1. The van der Waals surface area contributed by atoms with Gasteiger partial charge in [0, 0.05) is 29.7 Å². The van der Waals surface area contributed by atoms with Crippen LogP contribution in [0.25, 0.3) is 0 Å². The molecule has 1 aromatic heterocycles. The number of nitrogens with one attached hydrogen (secondary N) is 2.